The van der Waals surface area contributed by atoms with Crippen LogP contribution in [0.25, 0.3) is 0 Å². The van der Waals surface area contributed by atoms with Gasteiger partial charge in [0.05, 0.1) is 6.26 Å². The van der Waals surface area contributed by atoms with Gasteiger partial charge in [-0.1, -0.05) is 27.7 Å². The molecule has 5 heteroatoms. The van der Waals surface area contributed by atoms with E-state index in [-0.39, 0.29) is 0 Å². The Labute approximate surface area is 89.4 Å². The Kier molecular flexibility index (Phi) is 9.11. The van der Waals surface area contributed by atoms with Gasteiger partial charge < -0.3 is 0 Å². The predicted octanol–water partition coefficient (Wildman–Crippen LogP) is 2.59. The molecule has 0 bridgehead atoms. The van der Waals surface area contributed by atoms with Crippen molar-refractivity contribution in [3.8, 4) is 0 Å². The second-order valence-electron chi connectivity index (χ2n) is 3.34. The van der Waals surface area contributed by atoms with Crippen molar-refractivity contribution in [2.24, 2.45) is 0 Å². The minimum Gasteiger partial charge on any atom is -0.286 e. The highest BCUT2D eigenvalue weighted by Crippen LogP contribution is 2.57. The van der Waals surface area contributed by atoms with Gasteiger partial charge in [-0.3, -0.25) is 4.55 Å². The van der Waals surface area contributed by atoms with Crippen LogP contribution in [0.4, 0.5) is 0 Å². The third kappa shape index (κ3) is 10.4. The molecule has 0 aromatic rings. The molecule has 1 radical (unpaired) electrons. The summed E-state index contributed by atoms with van der Waals surface area (Å²) in [6, 6.07) is 0. The second kappa shape index (κ2) is 7.61. The summed E-state index contributed by atoms with van der Waals surface area (Å²) in [5.74, 6) is 0. The summed E-state index contributed by atoms with van der Waals surface area (Å²) < 4.78 is 25.9. The van der Waals surface area contributed by atoms with Crippen LogP contribution >= 0.6 is 7.26 Å². The summed E-state index contributed by atoms with van der Waals surface area (Å²) >= 11 is 0. The maximum absolute atomic E-state index is 9.19. The van der Waals surface area contributed by atoms with E-state index in [1.807, 2.05) is 0 Å². The minimum absolute atomic E-state index is 0.420. The average Bonchev–Trinajstić information content (AvgIpc) is 2.07. The van der Waals surface area contributed by atoms with E-state index in [0.29, 0.717) is 6.26 Å². The first-order valence-electron chi connectivity index (χ1n) is 5.02. The van der Waals surface area contributed by atoms with Crippen molar-refractivity contribution in [1.29, 1.82) is 0 Å². The Hall–Kier alpha value is 0.340. The number of hydrogen-bond acceptors (Lipinski definition) is 2. The fourth-order valence-electron chi connectivity index (χ4n) is 1.34. The molecular formula is C9H24O3PS. The van der Waals surface area contributed by atoms with E-state index in [0.717, 1.165) is 0 Å². The van der Waals surface area contributed by atoms with Gasteiger partial charge in [0.25, 0.3) is 10.1 Å². The van der Waals surface area contributed by atoms with E-state index in [9.17, 15) is 8.42 Å². The summed E-state index contributed by atoms with van der Waals surface area (Å²) in [5.41, 5.74) is 0. The lowest BCUT2D eigenvalue weighted by Crippen LogP contribution is -2.04. The third-order valence-corrected chi connectivity index (χ3v) is 8.05. The van der Waals surface area contributed by atoms with Crippen molar-refractivity contribution in [2.75, 3.05) is 30.9 Å². The monoisotopic (exact) mass is 243 g/mol. The molecule has 89 valence electrons. The largest absolute Gasteiger partial charge is 0.286 e. The molecule has 0 saturated carbocycles. The molecule has 0 spiro atoms. The molecule has 0 aliphatic carbocycles. The Balaban J connectivity index is 0. The third-order valence-electron chi connectivity index (χ3n) is 2.68. The maximum atomic E-state index is 9.19. The van der Waals surface area contributed by atoms with E-state index in [1.54, 1.807) is 0 Å². The quantitative estimate of drug-likeness (QED) is 0.610. The molecule has 0 saturated heterocycles. The van der Waals surface area contributed by atoms with Crippen molar-refractivity contribution in [3.05, 3.63) is 0 Å². The van der Waals surface area contributed by atoms with Gasteiger partial charge in [-0.25, -0.2) is 0 Å². The lowest BCUT2D eigenvalue weighted by molar-refractivity contribution is 0.490. The summed E-state index contributed by atoms with van der Waals surface area (Å²) in [4.78, 5) is 0. The molecule has 0 amide bonds. The van der Waals surface area contributed by atoms with E-state index in [1.165, 1.54) is 24.6 Å². The topological polar surface area (TPSA) is 54.4 Å². The highest BCUT2D eigenvalue weighted by atomic mass is 32.2. The van der Waals surface area contributed by atoms with Crippen molar-refractivity contribution < 1.29 is 13.0 Å². The molecule has 0 unspecified atom stereocenters. The highest BCUT2D eigenvalue weighted by molar-refractivity contribution is 7.85. The lowest BCUT2D eigenvalue weighted by Gasteiger charge is -2.31. The van der Waals surface area contributed by atoms with Crippen LogP contribution in [0, 0.1) is 0 Å². The van der Waals surface area contributed by atoms with Crippen LogP contribution in [0.2, 0.25) is 0 Å². The fraction of sp³-hybridized carbons (Fsp3) is 1.00. The van der Waals surface area contributed by atoms with Gasteiger partial charge in [0, 0.05) is 0 Å². The minimum atomic E-state index is -3.67. The SMILES string of the molecule is CC[P](CC)(CC)CC.CS(=O)(=O)O. The summed E-state index contributed by atoms with van der Waals surface area (Å²) in [5, 5.41) is 0. The zero-order valence-electron chi connectivity index (χ0n) is 9.95. The Morgan fingerprint density at radius 2 is 1.07 bits per heavy atom. The Bertz CT molecular complexity index is 195. The fourth-order valence-corrected chi connectivity index (χ4v) is 4.02. The summed E-state index contributed by atoms with van der Waals surface area (Å²) in [6.45, 7) is 9.41. The molecule has 14 heavy (non-hydrogen) atoms. The molecule has 0 aromatic carbocycles. The van der Waals surface area contributed by atoms with Crippen molar-refractivity contribution in [1.82, 2.24) is 0 Å². The van der Waals surface area contributed by atoms with E-state index >= 15 is 0 Å². The predicted molar refractivity (Wildman–Crippen MR) is 66.6 cm³/mol. The zero-order valence-corrected chi connectivity index (χ0v) is 11.7. The maximum Gasteiger partial charge on any atom is 0.261 e. The van der Waals surface area contributed by atoms with Crippen LogP contribution in [0.1, 0.15) is 27.7 Å². The molecule has 3 nitrogen and oxygen atoms in total. The number of rotatable bonds is 4. The van der Waals surface area contributed by atoms with Gasteiger partial charge in [-0.15, -0.1) is 7.26 Å². The molecule has 0 aliphatic rings. The lowest BCUT2D eigenvalue weighted by atomic mass is 10.9. The van der Waals surface area contributed by atoms with Crippen molar-refractivity contribution in [2.45, 2.75) is 27.7 Å². The van der Waals surface area contributed by atoms with Crippen LogP contribution in [-0.2, 0) is 10.1 Å². The summed E-state index contributed by atoms with van der Waals surface area (Å²) in [7, 11) is -4.09. The normalized spacial score (nSPS) is 11.9. The first-order valence-corrected chi connectivity index (χ1v) is 9.40. The van der Waals surface area contributed by atoms with Gasteiger partial charge >= 0.3 is 0 Å². The molecule has 0 atom stereocenters. The first-order chi connectivity index (χ1) is 6.24. The van der Waals surface area contributed by atoms with Crippen LogP contribution in [-0.4, -0.2) is 43.9 Å². The van der Waals surface area contributed by atoms with Crippen LogP contribution in [0.15, 0.2) is 0 Å². The van der Waals surface area contributed by atoms with E-state index in [2.05, 4.69) is 27.7 Å². The van der Waals surface area contributed by atoms with Gasteiger partial charge in [0.1, 0.15) is 0 Å². The Morgan fingerprint density at radius 1 is 0.929 bits per heavy atom. The average molecular weight is 243 g/mol. The number of hydrogen-bond donors (Lipinski definition) is 1. The standard InChI is InChI=1S/C8H20P.CH4O3S/c1-5-9(6-2,7-3)8-4;1-5(2,3)4/h5-8H2,1-4H3;1H3,(H,2,3,4). The first kappa shape index (κ1) is 16.8. The van der Waals surface area contributed by atoms with Crippen molar-refractivity contribution in [3.63, 3.8) is 0 Å². The van der Waals surface area contributed by atoms with Gasteiger partial charge in [0.2, 0.25) is 0 Å². The molecule has 0 fully saturated rings. The van der Waals surface area contributed by atoms with Gasteiger partial charge in [0.15, 0.2) is 0 Å². The Morgan fingerprint density at radius 3 is 1.07 bits per heavy atom. The molecule has 0 heterocycles. The van der Waals surface area contributed by atoms with Crippen LogP contribution in [0.3, 0.4) is 0 Å². The molecule has 0 aliphatic heterocycles. The highest BCUT2D eigenvalue weighted by Gasteiger charge is 2.16. The van der Waals surface area contributed by atoms with Gasteiger partial charge in [-0.05, 0) is 24.6 Å². The van der Waals surface area contributed by atoms with E-state index in [4.69, 9.17) is 4.55 Å². The van der Waals surface area contributed by atoms with Crippen LogP contribution < -0.4 is 0 Å². The molecular weight excluding hydrogens is 219 g/mol. The van der Waals surface area contributed by atoms with Crippen molar-refractivity contribution >= 4 is 17.4 Å². The molecule has 0 aromatic heterocycles. The van der Waals surface area contributed by atoms with E-state index < -0.39 is 17.4 Å². The molecule has 1 N–H and O–H groups in total. The van der Waals surface area contributed by atoms with Gasteiger partial charge in [-0.2, -0.15) is 8.42 Å². The summed E-state index contributed by atoms with van der Waals surface area (Å²) in [6.07, 6.45) is 6.53. The van der Waals surface area contributed by atoms with Crippen LogP contribution in [0.5, 0.6) is 0 Å². The smallest absolute Gasteiger partial charge is 0.261 e. The second-order valence-corrected chi connectivity index (χ2v) is 10.0. The molecule has 0 rings (SSSR count). The zero-order chi connectivity index (χ0) is 11.8.